The molecule has 0 aromatic heterocycles. The normalized spacial score (nSPS) is 33.5. The van der Waals surface area contributed by atoms with Crippen LogP contribution in [0.25, 0.3) is 0 Å². The van der Waals surface area contributed by atoms with Crippen molar-refractivity contribution in [3.8, 4) is 0 Å². The summed E-state index contributed by atoms with van der Waals surface area (Å²) in [4.78, 5) is 0. The Hall–Kier alpha value is 0.720. The van der Waals surface area contributed by atoms with Crippen molar-refractivity contribution in [3.63, 3.8) is 0 Å². The second-order valence-corrected chi connectivity index (χ2v) is 7.32. The summed E-state index contributed by atoms with van der Waals surface area (Å²) in [5, 5.41) is 1.39. The van der Waals surface area contributed by atoms with E-state index in [1.165, 1.54) is 0 Å². The summed E-state index contributed by atoms with van der Waals surface area (Å²) in [5.41, 5.74) is -0.744. The molecule has 1 fully saturated rings. The average molecular weight is 478 g/mol. The highest BCUT2D eigenvalue weighted by atomic mass is 79.9. The Morgan fingerprint density at radius 2 is 0.917 bits per heavy atom. The molecular formula is C16H30Br2O6. The molecule has 0 aromatic rings. The molecule has 6 nitrogen and oxygen atoms in total. The van der Waals surface area contributed by atoms with Crippen LogP contribution in [0.1, 0.15) is 13.8 Å². The monoisotopic (exact) mass is 476 g/mol. The maximum absolute atomic E-state index is 5.88. The molecule has 0 unspecified atom stereocenters. The third-order valence-corrected chi connectivity index (χ3v) is 5.85. The van der Waals surface area contributed by atoms with E-state index < -0.39 is 0 Å². The van der Waals surface area contributed by atoms with Crippen molar-refractivity contribution >= 4 is 31.9 Å². The molecule has 8 heteroatoms. The molecule has 24 heavy (non-hydrogen) atoms. The molecule has 0 bridgehead atoms. The first kappa shape index (κ1) is 22.8. The Kier molecular flexibility index (Phi) is 12.3. The lowest BCUT2D eigenvalue weighted by Crippen LogP contribution is -2.39. The van der Waals surface area contributed by atoms with Crippen molar-refractivity contribution in [2.45, 2.75) is 25.0 Å². The van der Waals surface area contributed by atoms with Gasteiger partial charge in [-0.05, 0) is 13.8 Å². The van der Waals surface area contributed by atoms with Crippen molar-refractivity contribution in [3.05, 3.63) is 0 Å². The SMILES string of the molecule is C[C@]1(CBr)COCCOCCOC[C@](C)(CBr)OCCOCCO1. The molecule has 0 spiro atoms. The number of hydrogen-bond donors (Lipinski definition) is 0. The van der Waals surface area contributed by atoms with Gasteiger partial charge in [0.15, 0.2) is 0 Å². The van der Waals surface area contributed by atoms with Gasteiger partial charge in [-0.2, -0.15) is 0 Å². The van der Waals surface area contributed by atoms with E-state index in [1.54, 1.807) is 0 Å². The first-order valence-electron chi connectivity index (χ1n) is 8.24. The van der Waals surface area contributed by atoms with Crippen molar-refractivity contribution in [2.75, 3.05) is 76.7 Å². The van der Waals surface area contributed by atoms with Gasteiger partial charge in [0.05, 0.1) is 77.3 Å². The molecule has 0 saturated carbocycles. The Morgan fingerprint density at radius 1 is 0.583 bits per heavy atom. The molecule has 0 N–H and O–H groups in total. The van der Waals surface area contributed by atoms with Crippen molar-refractivity contribution in [1.82, 2.24) is 0 Å². The third kappa shape index (κ3) is 10.0. The number of ether oxygens (including phenoxy) is 6. The molecule has 0 amide bonds. The fraction of sp³-hybridized carbons (Fsp3) is 1.00. The lowest BCUT2D eigenvalue weighted by atomic mass is 10.1. The average Bonchev–Trinajstić information content (AvgIpc) is 2.59. The summed E-state index contributed by atoms with van der Waals surface area (Å²) < 4.78 is 34.1. The van der Waals surface area contributed by atoms with E-state index in [1.807, 2.05) is 13.8 Å². The molecule has 1 saturated heterocycles. The van der Waals surface area contributed by atoms with Crippen LogP contribution in [-0.4, -0.2) is 87.9 Å². The van der Waals surface area contributed by atoms with E-state index in [4.69, 9.17) is 28.4 Å². The Balaban J connectivity index is 2.42. The zero-order chi connectivity index (χ0) is 17.7. The van der Waals surface area contributed by atoms with Crippen LogP contribution in [0.4, 0.5) is 0 Å². The minimum Gasteiger partial charge on any atom is -0.377 e. The third-order valence-electron chi connectivity index (χ3n) is 3.48. The topological polar surface area (TPSA) is 55.4 Å². The maximum Gasteiger partial charge on any atom is 0.0984 e. The highest BCUT2D eigenvalue weighted by Crippen LogP contribution is 2.16. The van der Waals surface area contributed by atoms with Crippen LogP contribution < -0.4 is 0 Å². The van der Waals surface area contributed by atoms with Crippen molar-refractivity contribution in [2.24, 2.45) is 0 Å². The van der Waals surface area contributed by atoms with E-state index in [2.05, 4.69) is 31.9 Å². The van der Waals surface area contributed by atoms with Crippen LogP contribution in [-0.2, 0) is 28.4 Å². The van der Waals surface area contributed by atoms with Crippen LogP contribution in [0, 0.1) is 0 Å². The van der Waals surface area contributed by atoms with Gasteiger partial charge in [0, 0.05) is 10.7 Å². The predicted molar refractivity (Wildman–Crippen MR) is 99.6 cm³/mol. The first-order valence-corrected chi connectivity index (χ1v) is 10.5. The van der Waals surface area contributed by atoms with E-state index in [0.717, 1.165) is 0 Å². The van der Waals surface area contributed by atoms with Gasteiger partial charge in [-0.15, -0.1) is 0 Å². The van der Waals surface area contributed by atoms with Gasteiger partial charge in [0.25, 0.3) is 0 Å². The molecule has 0 aliphatic carbocycles. The molecule has 0 radical (unpaired) electrons. The second kappa shape index (κ2) is 13.0. The molecule has 1 aliphatic heterocycles. The number of alkyl halides is 2. The van der Waals surface area contributed by atoms with Gasteiger partial charge < -0.3 is 28.4 Å². The standard InChI is InChI=1S/C16H30Br2O6/c1-15(11-17)13-21-5-3-19-4-6-22-14-16(2,12-18)24-10-8-20-7-9-23-15/h3-14H2,1-2H3/t15-,16-/m0/s1. The first-order chi connectivity index (χ1) is 11.5. The van der Waals surface area contributed by atoms with Crippen LogP contribution in [0.2, 0.25) is 0 Å². The van der Waals surface area contributed by atoms with E-state index in [0.29, 0.717) is 76.7 Å². The number of hydrogen-bond acceptors (Lipinski definition) is 6. The summed E-state index contributed by atoms with van der Waals surface area (Å²) in [5.74, 6) is 0. The number of rotatable bonds is 2. The molecule has 2 atom stereocenters. The lowest BCUT2D eigenvalue weighted by molar-refractivity contribution is -0.113. The minimum absolute atomic E-state index is 0.372. The Morgan fingerprint density at radius 3 is 1.29 bits per heavy atom. The van der Waals surface area contributed by atoms with E-state index >= 15 is 0 Å². The quantitative estimate of drug-likeness (QED) is 0.569. The van der Waals surface area contributed by atoms with Gasteiger partial charge in [0.2, 0.25) is 0 Å². The Labute approximate surface area is 162 Å². The summed E-state index contributed by atoms with van der Waals surface area (Å²) >= 11 is 6.96. The van der Waals surface area contributed by atoms with Crippen LogP contribution in [0.5, 0.6) is 0 Å². The molecule has 1 heterocycles. The van der Waals surface area contributed by atoms with E-state index in [-0.39, 0.29) is 11.2 Å². The van der Waals surface area contributed by atoms with Crippen LogP contribution >= 0.6 is 31.9 Å². The highest BCUT2D eigenvalue weighted by molar-refractivity contribution is 9.09. The van der Waals surface area contributed by atoms with Gasteiger partial charge in [0.1, 0.15) is 0 Å². The van der Waals surface area contributed by atoms with Gasteiger partial charge >= 0.3 is 0 Å². The summed E-state index contributed by atoms with van der Waals surface area (Å²) in [6.45, 7) is 9.26. The van der Waals surface area contributed by atoms with Gasteiger partial charge in [-0.3, -0.25) is 0 Å². The molecule has 1 rings (SSSR count). The summed E-state index contributed by atoms with van der Waals surface area (Å²) in [6, 6.07) is 0. The smallest absolute Gasteiger partial charge is 0.0984 e. The van der Waals surface area contributed by atoms with Crippen molar-refractivity contribution < 1.29 is 28.4 Å². The predicted octanol–water partition coefficient (Wildman–Crippen LogP) is 2.41. The lowest BCUT2D eigenvalue weighted by Gasteiger charge is -2.29. The molecular weight excluding hydrogens is 448 g/mol. The van der Waals surface area contributed by atoms with Gasteiger partial charge in [-0.25, -0.2) is 0 Å². The zero-order valence-electron chi connectivity index (χ0n) is 14.7. The highest BCUT2D eigenvalue weighted by Gasteiger charge is 2.25. The largest absolute Gasteiger partial charge is 0.377 e. The minimum atomic E-state index is -0.372. The van der Waals surface area contributed by atoms with Crippen LogP contribution in [0.3, 0.4) is 0 Å². The molecule has 0 aromatic carbocycles. The molecule has 1 aliphatic rings. The zero-order valence-corrected chi connectivity index (χ0v) is 17.9. The van der Waals surface area contributed by atoms with Crippen molar-refractivity contribution in [1.29, 1.82) is 0 Å². The number of halogens is 2. The van der Waals surface area contributed by atoms with Gasteiger partial charge in [-0.1, -0.05) is 31.9 Å². The van der Waals surface area contributed by atoms with E-state index in [9.17, 15) is 0 Å². The summed E-state index contributed by atoms with van der Waals surface area (Å²) in [6.07, 6.45) is 0. The summed E-state index contributed by atoms with van der Waals surface area (Å²) in [7, 11) is 0. The fourth-order valence-corrected chi connectivity index (χ4v) is 2.60. The van der Waals surface area contributed by atoms with Crippen LogP contribution in [0.15, 0.2) is 0 Å². The Bertz CT molecular complexity index is 295. The fourth-order valence-electron chi connectivity index (χ4n) is 1.95. The molecule has 144 valence electrons. The second-order valence-electron chi connectivity index (χ2n) is 6.19. The maximum atomic E-state index is 5.88.